The molecular formula is C15H20N2O. The van der Waals surface area contributed by atoms with Crippen molar-refractivity contribution in [3.05, 3.63) is 47.3 Å². The normalized spacial score (nSPS) is 10.7. The third-order valence-corrected chi connectivity index (χ3v) is 3.28. The molecule has 0 bridgehead atoms. The van der Waals surface area contributed by atoms with E-state index in [1.54, 1.807) is 7.11 Å². The van der Waals surface area contributed by atoms with E-state index in [1.165, 1.54) is 17.0 Å². The van der Waals surface area contributed by atoms with Crippen LogP contribution < -0.4 is 10.5 Å². The van der Waals surface area contributed by atoms with Crippen LogP contribution in [0.25, 0.3) is 5.69 Å². The van der Waals surface area contributed by atoms with Crippen LogP contribution in [0.5, 0.6) is 5.75 Å². The van der Waals surface area contributed by atoms with Gasteiger partial charge < -0.3 is 15.0 Å². The number of ether oxygens (including phenoxy) is 1. The first-order valence-electron chi connectivity index (χ1n) is 6.19. The molecule has 3 nitrogen and oxygen atoms in total. The second kappa shape index (κ2) is 5.27. The smallest absolute Gasteiger partial charge is 0.119 e. The Morgan fingerprint density at radius 1 is 1.17 bits per heavy atom. The minimum atomic E-state index is 0.687. The van der Waals surface area contributed by atoms with Crippen molar-refractivity contribution in [2.75, 3.05) is 13.7 Å². The lowest BCUT2D eigenvalue weighted by molar-refractivity contribution is 0.414. The topological polar surface area (TPSA) is 40.2 Å². The van der Waals surface area contributed by atoms with Crippen molar-refractivity contribution in [3.8, 4) is 11.4 Å². The molecule has 0 atom stereocenters. The molecule has 2 aromatic rings. The Morgan fingerprint density at radius 3 is 2.39 bits per heavy atom. The second-order valence-electron chi connectivity index (χ2n) is 4.47. The summed E-state index contributed by atoms with van der Waals surface area (Å²) in [5, 5.41) is 0. The van der Waals surface area contributed by atoms with E-state index in [1.807, 2.05) is 12.1 Å². The number of rotatable bonds is 4. The molecule has 0 aliphatic rings. The van der Waals surface area contributed by atoms with E-state index in [0.29, 0.717) is 6.54 Å². The third-order valence-electron chi connectivity index (χ3n) is 3.28. The van der Waals surface area contributed by atoms with Gasteiger partial charge in [0, 0.05) is 17.1 Å². The van der Waals surface area contributed by atoms with Crippen LogP contribution in [0.3, 0.4) is 0 Å². The summed E-state index contributed by atoms with van der Waals surface area (Å²) in [6.07, 6.45) is 0.926. The van der Waals surface area contributed by atoms with Gasteiger partial charge >= 0.3 is 0 Å². The van der Waals surface area contributed by atoms with Crippen LogP contribution in [0.1, 0.15) is 17.0 Å². The number of benzene rings is 1. The lowest BCUT2D eigenvalue weighted by atomic mass is 10.2. The zero-order chi connectivity index (χ0) is 13.1. The lowest BCUT2D eigenvalue weighted by Gasteiger charge is -2.10. The molecule has 3 heteroatoms. The first-order chi connectivity index (χ1) is 8.67. The lowest BCUT2D eigenvalue weighted by Crippen LogP contribution is -2.04. The molecule has 18 heavy (non-hydrogen) atoms. The number of methoxy groups -OCH3 is 1. The van der Waals surface area contributed by atoms with Crippen LogP contribution in [0.2, 0.25) is 0 Å². The molecule has 2 N–H and O–H groups in total. The van der Waals surface area contributed by atoms with Gasteiger partial charge in [-0.05, 0) is 62.7 Å². The molecule has 0 saturated heterocycles. The van der Waals surface area contributed by atoms with Gasteiger partial charge in [0.05, 0.1) is 7.11 Å². The van der Waals surface area contributed by atoms with Gasteiger partial charge in [0.15, 0.2) is 0 Å². The predicted octanol–water partition coefficient (Wildman–Crippen LogP) is 2.60. The SMILES string of the molecule is COc1ccc(-n2c(C)cc(CCN)c2C)cc1. The number of nitrogens with two attached hydrogens (primary N) is 1. The highest BCUT2D eigenvalue weighted by Crippen LogP contribution is 2.22. The van der Waals surface area contributed by atoms with Crippen LogP contribution in [0, 0.1) is 13.8 Å². The molecule has 2 rings (SSSR count). The Hall–Kier alpha value is -1.74. The van der Waals surface area contributed by atoms with Crippen molar-refractivity contribution in [1.29, 1.82) is 0 Å². The first kappa shape index (κ1) is 12.7. The zero-order valence-corrected chi connectivity index (χ0v) is 11.2. The fourth-order valence-electron chi connectivity index (χ4n) is 2.37. The zero-order valence-electron chi connectivity index (χ0n) is 11.2. The number of hydrogen-bond acceptors (Lipinski definition) is 2. The average molecular weight is 244 g/mol. The van der Waals surface area contributed by atoms with Gasteiger partial charge in [0.1, 0.15) is 5.75 Å². The maximum atomic E-state index is 5.64. The van der Waals surface area contributed by atoms with E-state index in [9.17, 15) is 0 Å². The van der Waals surface area contributed by atoms with Crippen molar-refractivity contribution < 1.29 is 4.74 Å². The largest absolute Gasteiger partial charge is 0.497 e. The molecule has 0 radical (unpaired) electrons. The molecule has 1 aromatic carbocycles. The van der Waals surface area contributed by atoms with Crippen LogP contribution in [-0.4, -0.2) is 18.2 Å². The van der Waals surface area contributed by atoms with Crippen molar-refractivity contribution in [1.82, 2.24) is 4.57 Å². The third kappa shape index (κ3) is 2.27. The van der Waals surface area contributed by atoms with Crippen LogP contribution in [0.4, 0.5) is 0 Å². The highest BCUT2D eigenvalue weighted by atomic mass is 16.5. The van der Waals surface area contributed by atoms with E-state index < -0.39 is 0 Å². The Labute approximate surface area is 108 Å². The molecular weight excluding hydrogens is 224 g/mol. The Bertz CT molecular complexity index is 526. The highest BCUT2D eigenvalue weighted by molar-refractivity contribution is 5.43. The van der Waals surface area contributed by atoms with Gasteiger partial charge in [0.2, 0.25) is 0 Å². The van der Waals surface area contributed by atoms with Crippen molar-refractivity contribution >= 4 is 0 Å². The van der Waals surface area contributed by atoms with Crippen molar-refractivity contribution in [2.45, 2.75) is 20.3 Å². The van der Waals surface area contributed by atoms with E-state index in [-0.39, 0.29) is 0 Å². The number of aryl methyl sites for hydroxylation is 1. The minimum absolute atomic E-state index is 0.687. The van der Waals surface area contributed by atoms with Gasteiger partial charge in [-0.2, -0.15) is 0 Å². The Morgan fingerprint density at radius 2 is 1.83 bits per heavy atom. The summed E-state index contributed by atoms with van der Waals surface area (Å²) in [5.74, 6) is 0.878. The summed E-state index contributed by atoms with van der Waals surface area (Å²) in [6.45, 7) is 4.95. The van der Waals surface area contributed by atoms with Gasteiger partial charge in [-0.15, -0.1) is 0 Å². The molecule has 0 unspecified atom stereocenters. The quantitative estimate of drug-likeness (QED) is 0.898. The number of aromatic nitrogens is 1. The standard InChI is InChI=1S/C15H20N2O/c1-11-10-13(8-9-16)12(2)17(11)14-4-6-15(18-3)7-5-14/h4-7,10H,8-9,16H2,1-3H3. The number of nitrogens with zero attached hydrogens (tertiary/aromatic N) is 1. The van der Waals surface area contributed by atoms with Crippen LogP contribution in [-0.2, 0) is 6.42 Å². The summed E-state index contributed by atoms with van der Waals surface area (Å²) < 4.78 is 7.44. The monoisotopic (exact) mass is 244 g/mol. The molecule has 0 amide bonds. The summed E-state index contributed by atoms with van der Waals surface area (Å²) in [4.78, 5) is 0. The molecule has 1 aromatic heterocycles. The van der Waals surface area contributed by atoms with Gasteiger partial charge in [-0.3, -0.25) is 0 Å². The van der Waals surface area contributed by atoms with Crippen molar-refractivity contribution in [2.24, 2.45) is 5.73 Å². The molecule has 96 valence electrons. The molecule has 1 heterocycles. The highest BCUT2D eigenvalue weighted by Gasteiger charge is 2.09. The summed E-state index contributed by atoms with van der Waals surface area (Å²) in [7, 11) is 1.68. The molecule has 0 aliphatic carbocycles. The maximum Gasteiger partial charge on any atom is 0.119 e. The van der Waals surface area contributed by atoms with Crippen LogP contribution in [0.15, 0.2) is 30.3 Å². The first-order valence-corrected chi connectivity index (χ1v) is 6.19. The molecule has 0 saturated carbocycles. The van der Waals surface area contributed by atoms with E-state index in [2.05, 4.69) is 36.6 Å². The number of hydrogen-bond donors (Lipinski definition) is 1. The van der Waals surface area contributed by atoms with E-state index in [0.717, 1.165) is 17.9 Å². The summed E-state index contributed by atoms with van der Waals surface area (Å²) >= 11 is 0. The van der Waals surface area contributed by atoms with Crippen molar-refractivity contribution in [3.63, 3.8) is 0 Å². The predicted molar refractivity (Wildman–Crippen MR) is 74.6 cm³/mol. The molecule has 0 aliphatic heterocycles. The Balaban J connectivity index is 2.43. The van der Waals surface area contributed by atoms with Gasteiger partial charge in [0.25, 0.3) is 0 Å². The van der Waals surface area contributed by atoms with Gasteiger partial charge in [-0.25, -0.2) is 0 Å². The van der Waals surface area contributed by atoms with E-state index in [4.69, 9.17) is 10.5 Å². The fourth-order valence-corrected chi connectivity index (χ4v) is 2.37. The molecule has 0 spiro atoms. The second-order valence-corrected chi connectivity index (χ2v) is 4.47. The fraction of sp³-hybridized carbons (Fsp3) is 0.333. The summed E-state index contributed by atoms with van der Waals surface area (Å²) in [5.41, 5.74) is 10.6. The van der Waals surface area contributed by atoms with E-state index >= 15 is 0 Å². The maximum absolute atomic E-state index is 5.64. The van der Waals surface area contributed by atoms with Crippen LogP contribution >= 0.6 is 0 Å². The molecule has 0 fully saturated rings. The van der Waals surface area contributed by atoms with Gasteiger partial charge in [-0.1, -0.05) is 0 Å². The summed E-state index contributed by atoms with van der Waals surface area (Å²) in [6, 6.07) is 10.3. The Kier molecular flexibility index (Phi) is 3.72. The average Bonchev–Trinajstić information content (AvgIpc) is 2.65. The minimum Gasteiger partial charge on any atom is -0.497 e.